The molecular formula is C28H23N3O5. The maximum atomic E-state index is 12.8. The Morgan fingerprint density at radius 2 is 1.72 bits per heavy atom. The average Bonchev–Trinajstić information content (AvgIpc) is 3.51. The maximum absolute atomic E-state index is 12.8. The molecular weight excluding hydrogens is 458 g/mol. The van der Waals surface area contributed by atoms with Gasteiger partial charge in [-0.15, -0.1) is 0 Å². The third kappa shape index (κ3) is 4.17. The van der Waals surface area contributed by atoms with Crippen molar-refractivity contribution in [1.82, 2.24) is 9.78 Å². The van der Waals surface area contributed by atoms with Gasteiger partial charge in [-0.1, -0.05) is 30.3 Å². The van der Waals surface area contributed by atoms with Crippen LogP contribution in [0, 0.1) is 0 Å². The molecule has 4 aromatic rings. The van der Waals surface area contributed by atoms with E-state index < -0.39 is 5.97 Å². The zero-order valence-corrected chi connectivity index (χ0v) is 19.6. The number of fused-ring (bicyclic) bond motifs is 1. The topological polar surface area (TPSA) is 91.7 Å². The molecule has 0 atom stereocenters. The van der Waals surface area contributed by atoms with Crippen molar-refractivity contribution in [2.45, 2.75) is 25.7 Å². The number of amides is 1. The fraction of sp³-hybridized carbons (Fsp3) is 0.179. The summed E-state index contributed by atoms with van der Waals surface area (Å²) in [5.41, 5.74) is 4.49. The van der Waals surface area contributed by atoms with Gasteiger partial charge in [-0.2, -0.15) is 9.78 Å². The lowest BCUT2D eigenvalue weighted by atomic mass is 10.0. The van der Waals surface area contributed by atoms with Crippen LogP contribution in [0.15, 0.2) is 72.8 Å². The van der Waals surface area contributed by atoms with Gasteiger partial charge in [0.2, 0.25) is 12.7 Å². The molecule has 0 radical (unpaired) electrons. The van der Waals surface area contributed by atoms with Crippen LogP contribution in [-0.4, -0.2) is 28.4 Å². The van der Waals surface area contributed by atoms with Gasteiger partial charge in [0.1, 0.15) is 0 Å². The van der Waals surface area contributed by atoms with Crippen molar-refractivity contribution >= 4 is 17.6 Å². The zero-order valence-electron chi connectivity index (χ0n) is 19.6. The van der Waals surface area contributed by atoms with E-state index in [-0.39, 0.29) is 12.7 Å². The van der Waals surface area contributed by atoms with Crippen molar-refractivity contribution in [3.05, 3.63) is 84.1 Å². The van der Waals surface area contributed by atoms with Gasteiger partial charge in [-0.25, -0.2) is 0 Å². The molecule has 36 heavy (non-hydrogen) atoms. The summed E-state index contributed by atoms with van der Waals surface area (Å²) in [6.45, 7) is 1.54. The molecule has 6 rings (SSSR count). The van der Waals surface area contributed by atoms with Gasteiger partial charge in [-0.3, -0.25) is 9.59 Å². The molecule has 0 bridgehead atoms. The summed E-state index contributed by atoms with van der Waals surface area (Å²) in [6.07, 6.45) is 2.09. The maximum Gasteiger partial charge on any atom is 0.309 e. The lowest BCUT2D eigenvalue weighted by Crippen LogP contribution is -2.11. The quantitative estimate of drug-likeness (QED) is 0.375. The molecule has 1 aliphatic heterocycles. The fourth-order valence-corrected chi connectivity index (χ4v) is 4.27. The monoisotopic (exact) mass is 481 g/mol. The number of hydrogen-bond acceptors (Lipinski definition) is 6. The highest BCUT2D eigenvalue weighted by molar-refractivity contribution is 6.04. The van der Waals surface area contributed by atoms with Crippen LogP contribution in [0.4, 0.5) is 5.69 Å². The Labute approximate surface area is 207 Å². The van der Waals surface area contributed by atoms with Gasteiger partial charge in [0, 0.05) is 24.1 Å². The van der Waals surface area contributed by atoms with E-state index in [1.54, 1.807) is 22.9 Å². The zero-order chi connectivity index (χ0) is 24.6. The first-order valence-corrected chi connectivity index (χ1v) is 11.7. The second-order valence-corrected chi connectivity index (χ2v) is 8.78. The number of nitrogens with zero attached hydrogens (tertiary/aromatic N) is 2. The molecule has 1 saturated carbocycles. The Morgan fingerprint density at radius 1 is 0.972 bits per heavy atom. The van der Waals surface area contributed by atoms with Crippen LogP contribution in [0.1, 0.15) is 41.7 Å². The van der Waals surface area contributed by atoms with Crippen LogP contribution in [-0.2, 0) is 4.79 Å². The molecule has 8 nitrogen and oxygen atoms in total. The summed E-state index contributed by atoms with van der Waals surface area (Å²) < 4.78 is 18.1. The van der Waals surface area contributed by atoms with E-state index >= 15 is 0 Å². The van der Waals surface area contributed by atoms with Gasteiger partial charge in [0.05, 0.1) is 16.9 Å². The summed E-state index contributed by atoms with van der Waals surface area (Å²) in [4.78, 5) is 24.8. The molecule has 1 amide bonds. The van der Waals surface area contributed by atoms with Crippen molar-refractivity contribution in [3.63, 3.8) is 0 Å². The molecule has 1 N–H and O–H groups in total. The molecule has 2 aliphatic rings. The number of hydrogen-bond donors (Lipinski definition) is 1. The van der Waals surface area contributed by atoms with Crippen LogP contribution in [0.25, 0.3) is 16.8 Å². The van der Waals surface area contributed by atoms with E-state index in [9.17, 15) is 9.59 Å². The van der Waals surface area contributed by atoms with Gasteiger partial charge >= 0.3 is 5.97 Å². The summed E-state index contributed by atoms with van der Waals surface area (Å²) >= 11 is 0. The Morgan fingerprint density at radius 3 is 2.44 bits per heavy atom. The van der Waals surface area contributed by atoms with Gasteiger partial charge in [-0.05, 0) is 60.9 Å². The van der Waals surface area contributed by atoms with Crippen molar-refractivity contribution in [2.75, 3.05) is 12.1 Å². The Bertz CT molecular complexity index is 1460. The highest BCUT2D eigenvalue weighted by Crippen LogP contribution is 2.48. The minimum absolute atomic E-state index is 0.154. The van der Waals surface area contributed by atoms with Crippen molar-refractivity contribution < 1.29 is 23.8 Å². The predicted molar refractivity (Wildman–Crippen MR) is 133 cm³/mol. The third-order valence-corrected chi connectivity index (χ3v) is 6.14. The second-order valence-electron chi connectivity index (χ2n) is 8.78. The Hall–Kier alpha value is -4.59. The number of para-hydroxylation sites is 1. The van der Waals surface area contributed by atoms with Crippen LogP contribution in [0.5, 0.6) is 17.4 Å². The third-order valence-electron chi connectivity index (χ3n) is 6.14. The highest BCUT2D eigenvalue weighted by atomic mass is 16.7. The van der Waals surface area contributed by atoms with Crippen LogP contribution < -0.4 is 19.5 Å². The Kier molecular flexibility index (Phi) is 5.41. The van der Waals surface area contributed by atoms with E-state index in [0.717, 1.165) is 35.3 Å². The molecule has 0 spiro atoms. The molecule has 2 heterocycles. The molecule has 8 heteroatoms. The average molecular weight is 482 g/mol. The van der Waals surface area contributed by atoms with E-state index in [2.05, 4.69) is 5.32 Å². The standard InChI is InChI=1S/C28H23N3O5/c1-17(32)36-28-25(26(19-7-8-19)30-31(28)22-5-3-2-4-6-22)18-9-12-21(13-10-18)29-27(33)20-11-14-23-24(15-20)35-16-34-23/h2-6,9-15,19H,7-8,16H2,1H3,(H,29,33). The van der Waals surface area contributed by atoms with Crippen molar-refractivity contribution in [1.29, 1.82) is 0 Å². The van der Waals surface area contributed by atoms with Crippen LogP contribution in [0.3, 0.4) is 0 Å². The number of benzene rings is 3. The predicted octanol–water partition coefficient (Wildman–Crippen LogP) is 5.32. The fourth-order valence-electron chi connectivity index (χ4n) is 4.27. The van der Waals surface area contributed by atoms with Gasteiger partial charge in [0.15, 0.2) is 11.5 Å². The molecule has 3 aromatic carbocycles. The summed E-state index contributed by atoms with van der Waals surface area (Å²) in [5.74, 6) is 1.24. The number of anilines is 1. The highest BCUT2D eigenvalue weighted by Gasteiger charge is 2.34. The first-order chi connectivity index (χ1) is 17.6. The smallest absolute Gasteiger partial charge is 0.309 e. The number of ether oxygens (including phenoxy) is 3. The lowest BCUT2D eigenvalue weighted by Gasteiger charge is -2.10. The molecule has 0 saturated heterocycles. The SMILES string of the molecule is CC(=O)Oc1c(-c2ccc(NC(=O)c3ccc4c(c3)OCO4)cc2)c(C2CC2)nn1-c1ccccc1. The number of esters is 1. The first kappa shape index (κ1) is 21.9. The molecule has 1 aliphatic carbocycles. The van der Waals surface area contributed by atoms with E-state index in [4.69, 9.17) is 19.3 Å². The van der Waals surface area contributed by atoms with Gasteiger partial charge in [0.25, 0.3) is 5.91 Å². The number of aromatic nitrogens is 2. The van der Waals surface area contributed by atoms with Crippen molar-refractivity contribution in [3.8, 4) is 34.2 Å². The van der Waals surface area contributed by atoms with Crippen LogP contribution >= 0.6 is 0 Å². The molecule has 1 aromatic heterocycles. The minimum atomic E-state index is -0.414. The van der Waals surface area contributed by atoms with E-state index in [1.165, 1.54) is 6.92 Å². The van der Waals surface area contributed by atoms with Crippen molar-refractivity contribution in [2.24, 2.45) is 0 Å². The second kappa shape index (κ2) is 8.88. The lowest BCUT2D eigenvalue weighted by molar-refractivity contribution is -0.132. The van der Waals surface area contributed by atoms with E-state index in [1.807, 2.05) is 54.6 Å². The normalized spacial score (nSPS) is 13.9. The van der Waals surface area contributed by atoms with E-state index in [0.29, 0.717) is 34.5 Å². The number of nitrogens with one attached hydrogen (secondary N) is 1. The summed E-state index contributed by atoms with van der Waals surface area (Å²) in [7, 11) is 0. The summed E-state index contributed by atoms with van der Waals surface area (Å²) in [5, 5.41) is 7.77. The minimum Gasteiger partial charge on any atom is -0.454 e. The molecule has 0 unspecified atom stereocenters. The van der Waals surface area contributed by atoms with Gasteiger partial charge < -0.3 is 19.5 Å². The molecule has 180 valence electrons. The number of carbonyl (C=O) groups excluding carboxylic acids is 2. The number of rotatable bonds is 6. The Balaban J connectivity index is 1.32. The van der Waals surface area contributed by atoms with Crippen LogP contribution in [0.2, 0.25) is 0 Å². The number of carbonyl (C=O) groups is 2. The first-order valence-electron chi connectivity index (χ1n) is 11.7. The largest absolute Gasteiger partial charge is 0.454 e. The molecule has 1 fully saturated rings. The summed E-state index contributed by atoms with van der Waals surface area (Å²) in [6, 6.07) is 22.2.